The lowest BCUT2D eigenvalue weighted by molar-refractivity contribution is -0.142. The van der Waals surface area contributed by atoms with E-state index in [1.165, 1.54) is 10.4 Å². The van der Waals surface area contributed by atoms with Crippen molar-refractivity contribution in [3.8, 4) is 0 Å². The van der Waals surface area contributed by atoms with Crippen molar-refractivity contribution in [2.75, 3.05) is 7.05 Å². The number of aliphatic carboxylic acids is 1. The molecule has 1 rings (SSSR count). The fraction of sp³-hybridized carbons (Fsp3) is 0.545. The number of carbonyl (C=O) groups is 1. The molecule has 1 N–H and O–H groups in total. The molecule has 0 radical (unpaired) electrons. The van der Waals surface area contributed by atoms with Crippen LogP contribution < -0.4 is 0 Å². The lowest BCUT2D eigenvalue weighted by Gasteiger charge is -2.28. The summed E-state index contributed by atoms with van der Waals surface area (Å²) in [5, 5.41) is 11.0. The molecule has 1 heterocycles. The fourth-order valence-corrected chi connectivity index (χ4v) is 2.54. The molecule has 0 saturated heterocycles. The minimum Gasteiger partial charge on any atom is -0.480 e. The fourth-order valence-electron chi connectivity index (χ4n) is 1.51. The van der Waals surface area contributed by atoms with Crippen LogP contribution in [0.15, 0.2) is 11.4 Å². The third-order valence-corrected chi connectivity index (χ3v) is 4.05. The summed E-state index contributed by atoms with van der Waals surface area (Å²) in [6, 6.07) is 1.76. The van der Waals surface area contributed by atoms with Gasteiger partial charge in [-0.1, -0.05) is 0 Å². The summed E-state index contributed by atoms with van der Waals surface area (Å²) in [5.74, 6) is -0.779. The molecule has 0 aliphatic carbocycles. The zero-order chi connectivity index (χ0) is 11.6. The molecular formula is C11H17NO2S. The second-order valence-corrected chi connectivity index (χ2v) is 4.77. The standard InChI is InChI=1S/C11H17NO2S/c1-7-5-6-15-10(7)8(2)12(4)9(3)11(13)14/h5-6,8-9H,1-4H3,(H,13,14). The van der Waals surface area contributed by atoms with Crippen molar-refractivity contribution in [2.24, 2.45) is 0 Å². The first-order chi connectivity index (χ1) is 6.95. The topological polar surface area (TPSA) is 40.5 Å². The van der Waals surface area contributed by atoms with Gasteiger partial charge >= 0.3 is 5.97 Å². The van der Waals surface area contributed by atoms with E-state index in [4.69, 9.17) is 5.11 Å². The Hall–Kier alpha value is -0.870. The van der Waals surface area contributed by atoms with Crippen LogP contribution in [0.5, 0.6) is 0 Å². The van der Waals surface area contributed by atoms with Gasteiger partial charge in [0.1, 0.15) is 6.04 Å². The first-order valence-corrected chi connectivity index (χ1v) is 5.81. The van der Waals surface area contributed by atoms with Crippen molar-refractivity contribution in [2.45, 2.75) is 32.9 Å². The largest absolute Gasteiger partial charge is 0.480 e. The Morgan fingerprint density at radius 2 is 2.13 bits per heavy atom. The second kappa shape index (κ2) is 4.77. The molecule has 0 fully saturated rings. The molecule has 0 spiro atoms. The normalized spacial score (nSPS) is 15.3. The van der Waals surface area contributed by atoms with Gasteiger partial charge in [0.2, 0.25) is 0 Å². The Labute approximate surface area is 94.3 Å². The molecule has 0 bridgehead atoms. The van der Waals surface area contributed by atoms with Crippen LogP contribution in [0.4, 0.5) is 0 Å². The summed E-state index contributed by atoms with van der Waals surface area (Å²) in [6.45, 7) is 5.81. The van der Waals surface area contributed by atoms with Gasteiger partial charge in [0.15, 0.2) is 0 Å². The zero-order valence-electron chi connectivity index (χ0n) is 9.52. The highest BCUT2D eigenvalue weighted by Gasteiger charge is 2.23. The molecule has 4 heteroatoms. The molecule has 3 nitrogen and oxygen atoms in total. The number of thiophene rings is 1. The molecule has 1 aromatic heterocycles. The van der Waals surface area contributed by atoms with Gasteiger partial charge in [-0.15, -0.1) is 11.3 Å². The minimum absolute atomic E-state index is 0.149. The number of aryl methyl sites for hydroxylation is 1. The van der Waals surface area contributed by atoms with Crippen LogP contribution in [-0.4, -0.2) is 29.1 Å². The van der Waals surface area contributed by atoms with Gasteiger partial charge in [0.25, 0.3) is 0 Å². The first kappa shape index (κ1) is 12.2. The molecule has 2 atom stereocenters. The maximum Gasteiger partial charge on any atom is 0.320 e. The van der Waals surface area contributed by atoms with Crippen LogP contribution >= 0.6 is 11.3 Å². The molecular weight excluding hydrogens is 210 g/mol. The first-order valence-electron chi connectivity index (χ1n) is 4.94. The van der Waals surface area contributed by atoms with Crippen molar-refractivity contribution >= 4 is 17.3 Å². The quantitative estimate of drug-likeness (QED) is 0.859. The predicted molar refractivity (Wildman–Crippen MR) is 62.3 cm³/mol. The third kappa shape index (κ3) is 2.58. The van der Waals surface area contributed by atoms with Gasteiger partial charge in [0.05, 0.1) is 0 Å². The van der Waals surface area contributed by atoms with Crippen molar-refractivity contribution in [3.63, 3.8) is 0 Å². The molecule has 0 aliphatic heterocycles. The molecule has 15 heavy (non-hydrogen) atoms. The van der Waals surface area contributed by atoms with E-state index in [-0.39, 0.29) is 6.04 Å². The highest BCUT2D eigenvalue weighted by Crippen LogP contribution is 2.28. The van der Waals surface area contributed by atoms with E-state index in [1.54, 1.807) is 18.3 Å². The summed E-state index contributed by atoms with van der Waals surface area (Å²) in [7, 11) is 1.85. The van der Waals surface area contributed by atoms with Crippen molar-refractivity contribution in [1.82, 2.24) is 4.90 Å². The van der Waals surface area contributed by atoms with Gasteiger partial charge in [0, 0.05) is 10.9 Å². The number of rotatable bonds is 4. The van der Waals surface area contributed by atoms with E-state index in [0.717, 1.165) is 0 Å². The molecule has 0 aromatic carbocycles. The SMILES string of the molecule is Cc1ccsc1C(C)N(C)C(C)C(=O)O. The van der Waals surface area contributed by atoms with Crippen LogP contribution in [0.25, 0.3) is 0 Å². The number of hydrogen-bond acceptors (Lipinski definition) is 3. The lowest BCUT2D eigenvalue weighted by atomic mass is 10.1. The van der Waals surface area contributed by atoms with Crippen LogP contribution in [0.1, 0.15) is 30.3 Å². The second-order valence-electron chi connectivity index (χ2n) is 3.82. The van der Waals surface area contributed by atoms with Gasteiger partial charge in [-0.2, -0.15) is 0 Å². The van der Waals surface area contributed by atoms with Gasteiger partial charge in [-0.05, 0) is 44.8 Å². The highest BCUT2D eigenvalue weighted by atomic mass is 32.1. The highest BCUT2D eigenvalue weighted by molar-refractivity contribution is 7.10. The van der Waals surface area contributed by atoms with E-state index in [1.807, 2.05) is 24.3 Å². The number of likely N-dealkylation sites (N-methyl/N-ethyl adjacent to an activating group) is 1. The molecule has 0 amide bonds. The average Bonchev–Trinajstić information content (AvgIpc) is 2.60. The summed E-state index contributed by atoms with van der Waals surface area (Å²) in [5.41, 5.74) is 1.23. The van der Waals surface area contributed by atoms with Crippen LogP contribution in [0.3, 0.4) is 0 Å². The monoisotopic (exact) mass is 227 g/mol. The van der Waals surface area contributed by atoms with Gasteiger partial charge < -0.3 is 5.11 Å². The smallest absolute Gasteiger partial charge is 0.320 e. The molecule has 2 unspecified atom stereocenters. The van der Waals surface area contributed by atoms with Gasteiger partial charge in [-0.3, -0.25) is 9.69 Å². The summed E-state index contributed by atoms with van der Waals surface area (Å²) >= 11 is 1.68. The molecule has 0 saturated carbocycles. The minimum atomic E-state index is -0.779. The van der Waals surface area contributed by atoms with Crippen LogP contribution in [0, 0.1) is 6.92 Å². The number of carboxylic acid groups (broad SMARTS) is 1. The van der Waals surface area contributed by atoms with E-state index >= 15 is 0 Å². The Morgan fingerprint density at radius 1 is 1.53 bits per heavy atom. The maximum absolute atomic E-state index is 10.9. The summed E-state index contributed by atoms with van der Waals surface area (Å²) in [6.07, 6.45) is 0. The van der Waals surface area contributed by atoms with Crippen molar-refractivity contribution in [1.29, 1.82) is 0 Å². The van der Waals surface area contributed by atoms with Crippen LogP contribution in [0.2, 0.25) is 0 Å². The van der Waals surface area contributed by atoms with E-state index in [0.29, 0.717) is 0 Å². The van der Waals surface area contributed by atoms with E-state index < -0.39 is 12.0 Å². The predicted octanol–water partition coefficient (Wildman–Crippen LogP) is 2.52. The Bertz CT molecular complexity index is 348. The van der Waals surface area contributed by atoms with Gasteiger partial charge in [-0.25, -0.2) is 0 Å². The number of nitrogens with zero attached hydrogens (tertiary/aromatic N) is 1. The Balaban J connectivity index is 2.81. The van der Waals surface area contributed by atoms with E-state index in [9.17, 15) is 4.79 Å². The Morgan fingerprint density at radius 3 is 2.53 bits per heavy atom. The van der Waals surface area contributed by atoms with E-state index in [2.05, 4.69) is 13.0 Å². The van der Waals surface area contributed by atoms with Crippen LogP contribution in [-0.2, 0) is 4.79 Å². The maximum atomic E-state index is 10.9. The number of carboxylic acids is 1. The molecule has 84 valence electrons. The lowest BCUT2D eigenvalue weighted by Crippen LogP contribution is -2.37. The molecule has 1 aromatic rings. The Kier molecular flexibility index (Phi) is 3.88. The number of hydrogen-bond donors (Lipinski definition) is 1. The van der Waals surface area contributed by atoms with Crippen molar-refractivity contribution < 1.29 is 9.90 Å². The van der Waals surface area contributed by atoms with Crippen molar-refractivity contribution in [3.05, 3.63) is 21.9 Å². The average molecular weight is 227 g/mol. The molecule has 0 aliphatic rings. The third-order valence-electron chi connectivity index (χ3n) is 2.86. The summed E-state index contributed by atoms with van der Waals surface area (Å²) in [4.78, 5) is 14.0. The summed E-state index contributed by atoms with van der Waals surface area (Å²) < 4.78 is 0. The zero-order valence-corrected chi connectivity index (χ0v) is 10.3.